The maximum absolute atomic E-state index is 9.78. The number of aliphatic hydroxyl groups is 1. The van der Waals surface area contributed by atoms with Crippen LogP contribution in [0.4, 0.5) is 0 Å². The first-order chi connectivity index (χ1) is 7.66. The van der Waals surface area contributed by atoms with Crippen molar-refractivity contribution in [2.24, 2.45) is 0 Å². The molecule has 1 aliphatic heterocycles. The number of likely N-dealkylation sites (N-methyl/N-ethyl adjacent to an activating group) is 1. The van der Waals surface area contributed by atoms with Gasteiger partial charge in [0.05, 0.1) is 6.61 Å². The third-order valence-corrected chi connectivity index (χ3v) is 3.70. The van der Waals surface area contributed by atoms with E-state index in [0.717, 1.165) is 19.5 Å². The maximum atomic E-state index is 9.78. The predicted molar refractivity (Wildman–Crippen MR) is 66.7 cm³/mol. The lowest BCUT2D eigenvalue weighted by Gasteiger charge is -2.40. The summed E-state index contributed by atoms with van der Waals surface area (Å²) in [6.07, 6.45) is 2.27. The molecule has 1 aromatic rings. The lowest BCUT2D eigenvalue weighted by atomic mass is 9.74. The summed E-state index contributed by atoms with van der Waals surface area (Å²) < 4.78 is 0. The van der Waals surface area contributed by atoms with Gasteiger partial charge in [-0.3, -0.25) is 0 Å². The molecular formula is C14H21NO. The van der Waals surface area contributed by atoms with E-state index in [1.165, 1.54) is 17.5 Å². The number of rotatable bonds is 2. The number of nitrogens with zero attached hydrogens (tertiary/aromatic N) is 1. The second-order valence-electron chi connectivity index (χ2n) is 5.15. The quantitative estimate of drug-likeness (QED) is 0.822. The molecule has 2 rings (SSSR count). The second kappa shape index (κ2) is 4.56. The number of aryl methyl sites for hydroxylation is 1. The largest absolute Gasteiger partial charge is 0.395 e. The number of hydrogen-bond donors (Lipinski definition) is 1. The van der Waals surface area contributed by atoms with Crippen LogP contribution >= 0.6 is 0 Å². The van der Waals surface area contributed by atoms with Crippen molar-refractivity contribution in [1.82, 2.24) is 4.90 Å². The minimum Gasteiger partial charge on any atom is -0.395 e. The molecule has 1 saturated heterocycles. The van der Waals surface area contributed by atoms with Gasteiger partial charge in [0.1, 0.15) is 0 Å². The Hall–Kier alpha value is -0.860. The van der Waals surface area contributed by atoms with Gasteiger partial charge < -0.3 is 10.0 Å². The van der Waals surface area contributed by atoms with Crippen molar-refractivity contribution in [3.8, 4) is 0 Å². The van der Waals surface area contributed by atoms with Crippen molar-refractivity contribution in [3.05, 3.63) is 35.4 Å². The van der Waals surface area contributed by atoms with E-state index in [-0.39, 0.29) is 12.0 Å². The first-order valence-electron chi connectivity index (χ1n) is 6.03. The second-order valence-corrected chi connectivity index (χ2v) is 5.15. The van der Waals surface area contributed by atoms with E-state index in [9.17, 15) is 5.11 Å². The molecule has 1 unspecified atom stereocenters. The summed E-state index contributed by atoms with van der Waals surface area (Å²) in [7, 11) is 2.14. The summed E-state index contributed by atoms with van der Waals surface area (Å²) >= 11 is 0. The molecule has 0 spiro atoms. The highest BCUT2D eigenvalue weighted by Crippen LogP contribution is 2.33. The SMILES string of the molecule is Cc1cccc(C2(CO)CCCN(C)C2)c1. The molecule has 0 bridgehead atoms. The van der Waals surface area contributed by atoms with Gasteiger partial charge in [0.15, 0.2) is 0 Å². The van der Waals surface area contributed by atoms with Gasteiger partial charge in [-0.1, -0.05) is 29.8 Å². The van der Waals surface area contributed by atoms with E-state index in [4.69, 9.17) is 0 Å². The van der Waals surface area contributed by atoms with Crippen molar-refractivity contribution in [2.45, 2.75) is 25.2 Å². The van der Waals surface area contributed by atoms with E-state index in [0.29, 0.717) is 0 Å². The minimum absolute atomic E-state index is 0.0426. The average Bonchev–Trinajstić information content (AvgIpc) is 2.29. The molecule has 1 aromatic carbocycles. The molecule has 0 radical (unpaired) electrons. The summed E-state index contributed by atoms with van der Waals surface area (Å²) in [5.74, 6) is 0. The zero-order chi connectivity index (χ0) is 11.6. The highest BCUT2D eigenvalue weighted by atomic mass is 16.3. The van der Waals surface area contributed by atoms with Crippen LogP contribution in [-0.2, 0) is 5.41 Å². The maximum Gasteiger partial charge on any atom is 0.0540 e. The van der Waals surface area contributed by atoms with Crippen LogP contribution in [0.1, 0.15) is 24.0 Å². The molecule has 0 amide bonds. The van der Waals surface area contributed by atoms with Crippen molar-refractivity contribution in [2.75, 3.05) is 26.7 Å². The van der Waals surface area contributed by atoms with Gasteiger partial charge in [-0.25, -0.2) is 0 Å². The first-order valence-corrected chi connectivity index (χ1v) is 6.03. The van der Waals surface area contributed by atoms with Crippen LogP contribution in [0.3, 0.4) is 0 Å². The summed E-state index contributed by atoms with van der Waals surface area (Å²) in [5, 5.41) is 9.78. The molecular weight excluding hydrogens is 198 g/mol. The number of aliphatic hydroxyl groups excluding tert-OH is 1. The molecule has 1 aliphatic rings. The highest BCUT2D eigenvalue weighted by Gasteiger charge is 2.35. The topological polar surface area (TPSA) is 23.5 Å². The molecule has 88 valence electrons. The number of piperidine rings is 1. The Morgan fingerprint density at radius 1 is 1.44 bits per heavy atom. The van der Waals surface area contributed by atoms with E-state index < -0.39 is 0 Å². The van der Waals surface area contributed by atoms with Crippen LogP contribution in [0.25, 0.3) is 0 Å². The number of likely N-dealkylation sites (tertiary alicyclic amines) is 1. The molecule has 1 atom stereocenters. The van der Waals surface area contributed by atoms with Crippen LogP contribution in [0.5, 0.6) is 0 Å². The summed E-state index contributed by atoms with van der Waals surface area (Å²) in [6, 6.07) is 8.58. The minimum atomic E-state index is -0.0426. The van der Waals surface area contributed by atoms with Gasteiger partial charge in [0, 0.05) is 12.0 Å². The Labute approximate surface area is 97.9 Å². The van der Waals surface area contributed by atoms with E-state index in [1.54, 1.807) is 0 Å². The fraction of sp³-hybridized carbons (Fsp3) is 0.571. The zero-order valence-corrected chi connectivity index (χ0v) is 10.2. The standard InChI is InChI=1S/C14H21NO/c1-12-5-3-6-13(9-12)14(11-16)7-4-8-15(2)10-14/h3,5-6,9,16H,4,7-8,10-11H2,1-2H3. The third kappa shape index (κ3) is 2.13. The molecule has 1 heterocycles. The van der Waals surface area contributed by atoms with Crippen LogP contribution in [0.15, 0.2) is 24.3 Å². The molecule has 0 saturated carbocycles. The fourth-order valence-electron chi connectivity index (χ4n) is 2.79. The lowest BCUT2D eigenvalue weighted by molar-refractivity contribution is 0.105. The zero-order valence-electron chi connectivity index (χ0n) is 10.2. The summed E-state index contributed by atoms with van der Waals surface area (Å²) in [4.78, 5) is 2.32. The summed E-state index contributed by atoms with van der Waals surface area (Å²) in [6.45, 7) is 4.47. The van der Waals surface area contributed by atoms with E-state index in [1.807, 2.05) is 0 Å². The lowest BCUT2D eigenvalue weighted by Crippen LogP contribution is -2.46. The average molecular weight is 219 g/mol. The van der Waals surface area contributed by atoms with Gasteiger partial charge in [0.25, 0.3) is 0 Å². The smallest absolute Gasteiger partial charge is 0.0540 e. The van der Waals surface area contributed by atoms with Gasteiger partial charge in [-0.15, -0.1) is 0 Å². The first kappa shape index (κ1) is 11.6. The van der Waals surface area contributed by atoms with Crippen LogP contribution in [0, 0.1) is 6.92 Å². The predicted octanol–water partition coefficient (Wildman–Crippen LogP) is 1.95. The van der Waals surface area contributed by atoms with Crippen molar-refractivity contribution >= 4 is 0 Å². The van der Waals surface area contributed by atoms with Gasteiger partial charge >= 0.3 is 0 Å². The Bertz CT molecular complexity index is 364. The Morgan fingerprint density at radius 3 is 2.88 bits per heavy atom. The molecule has 1 fully saturated rings. The highest BCUT2D eigenvalue weighted by molar-refractivity contribution is 5.31. The van der Waals surface area contributed by atoms with Crippen LogP contribution < -0.4 is 0 Å². The van der Waals surface area contributed by atoms with Gasteiger partial charge in [0.2, 0.25) is 0 Å². The normalized spacial score (nSPS) is 26.9. The number of hydrogen-bond acceptors (Lipinski definition) is 2. The molecule has 16 heavy (non-hydrogen) atoms. The van der Waals surface area contributed by atoms with Gasteiger partial charge in [-0.2, -0.15) is 0 Å². The monoisotopic (exact) mass is 219 g/mol. The van der Waals surface area contributed by atoms with Gasteiger partial charge in [-0.05, 0) is 38.9 Å². The third-order valence-electron chi connectivity index (χ3n) is 3.70. The molecule has 1 N–H and O–H groups in total. The number of benzene rings is 1. The molecule has 0 aliphatic carbocycles. The van der Waals surface area contributed by atoms with Crippen molar-refractivity contribution in [1.29, 1.82) is 0 Å². The Balaban J connectivity index is 2.33. The Morgan fingerprint density at radius 2 is 2.25 bits per heavy atom. The van der Waals surface area contributed by atoms with E-state index in [2.05, 4.69) is 43.1 Å². The Kier molecular flexibility index (Phi) is 3.31. The van der Waals surface area contributed by atoms with Crippen LogP contribution in [0.2, 0.25) is 0 Å². The fourth-order valence-corrected chi connectivity index (χ4v) is 2.79. The van der Waals surface area contributed by atoms with E-state index >= 15 is 0 Å². The molecule has 2 nitrogen and oxygen atoms in total. The van der Waals surface area contributed by atoms with Crippen molar-refractivity contribution < 1.29 is 5.11 Å². The molecule has 0 aromatic heterocycles. The van der Waals surface area contributed by atoms with Crippen molar-refractivity contribution in [3.63, 3.8) is 0 Å². The van der Waals surface area contributed by atoms with Crippen LogP contribution in [-0.4, -0.2) is 36.8 Å². The molecule has 2 heteroatoms. The summed E-state index contributed by atoms with van der Waals surface area (Å²) in [5.41, 5.74) is 2.53.